The zero-order valence-electron chi connectivity index (χ0n) is 17.2. The lowest BCUT2D eigenvalue weighted by molar-refractivity contribution is -0.155. The topological polar surface area (TPSA) is 64.6 Å². The van der Waals surface area contributed by atoms with Crippen molar-refractivity contribution in [3.63, 3.8) is 0 Å². The van der Waals surface area contributed by atoms with Gasteiger partial charge >= 0.3 is 12.1 Å². The van der Waals surface area contributed by atoms with Gasteiger partial charge in [0.25, 0.3) is 0 Å². The third-order valence-electron chi connectivity index (χ3n) is 4.79. The van der Waals surface area contributed by atoms with E-state index < -0.39 is 17.7 Å². The fourth-order valence-corrected chi connectivity index (χ4v) is 3.47. The minimum absolute atomic E-state index is 0.0937. The van der Waals surface area contributed by atoms with E-state index >= 15 is 0 Å². The van der Waals surface area contributed by atoms with E-state index in [4.69, 9.17) is 9.47 Å². The second kappa shape index (κ2) is 9.25. The van der Waals surface area contributed by atoms with Crippen molar-refractivity contribution in [3.05, 3.63) is 35.9 Å². The molecule has 0 heterocycles. The zero-order chi connectivity index (χ0) is 20.0. The molecule has 2 rings (SSSR count). The first-order valence-electron chi connectivity index (χ1n) is 9.92. The number of amides is 1. The van der Waals surface area contributed by atoms with Crippen LogP contribution >= 0.6 is 0 Å². The van der Waals surface area contributed by atoms with Gasteiger partial charge < -0.3 is 14.8 Å². The molecule has 0 spiro atoms. The molecule has 0 aliphatic heterocycles. The van der Waals surface area contributed by atoms with Crippen molar-refractivity contribution in [3.8, 4) is 0 Å². The molecule has 1 fully saturated rings. The number of carbonyl (C=O) groups is 2. The SMILES string of the molecule is CC(C)[C@H](NC(=O)OC(C)(C)C)C(=O)O[C@H]1CCCC[C@@H]1c1ccccc1. The summed E-state index contributed by atoms with van der Waals surface area (Å²) >= 11 is 0. The molecule has 0 saturated heterocycles. The molecule has 1 aromatic carbocycles. The predicted molar refractivity (Wildman–Crippen MR) is 106 cm³/mol. The molecule has 5 nitrogen and oxygen atoms in total. The van der Waals surface area contributed by atoms with E-state index in [-0.39, 0.29) is 23.9 Å². The summed E-state index contributed by atoms with van der Waals surface area (Å²) in [5.74, 6) is -0.272. The van der Waals surface area contributed by atoms with E-state index in [1.165, 1.54) is 5.56 Å². The highest BCUT2D eigenvalue weighted by Crippen LogP contribution is 2.35. The van der Waals surface area contributed by atoms with E-state index in [2.05, 4.69) is 17.4 Å². The molecule has 0 radical (unpaired) electrons. The maximum atomic E-state index is 12.8. The number of hydrogen-bond donors (Lipinski definition) is 1. The van der Waals surface area contributed by atoms with Crippen LogP contribution in [0.15, 0.2) is 30.3 Å². The predicted octanol–water partition coefficient (Wildman–Crippen LogP) is 4.81. The van der Waals surface area contributed by atoms with E-state index in [0.29, 0.717) is 0 Å². The minimum Gasteiger partial charge on any atom is -0.460 e. The van der Waals surface area contributed by atoms with Gasteiger partial charge in [0.05, 0.1) is 0 Å². The summed E-state index contributed by atoms with van der Waals surface area (Å²) < 4.78 is 11.2. The normalized spacial score (nSPS) is 21.4. The van der Waals surface area contributed by atoms with Crippen LogP contribution in [0, 0.1) is 5.92 Å². The lowest BCUT2D eigenvalue weighted by Gasteiger charge is -2.33. The molecule has 1 amide bonds. The largest absolute Gasteiger partial charge is 0.460 e. The average molecular weight is 376 g/mol. The summed E-state index contributed by atoms with van der Waals surface area (Å²) in [6.45, 7) is 9.16. The Balaban J connectivity index is 2.05. The molecule has 0 unspecified atom stereocenters. The number of esters is 1. The van der Waals surface area contributed by atoms with Crippen LogP contribution in [-0.2, 0) is 14.3 Å². The summed E-state index contributed by atoms with van der Waals surface area (Å²) in [5, 5.41) is 2.68. The van der Waals surface area contributed by atoms with Gasteiger partial charge in [-0.25, -0.2) is 9.59 Å². The lowest BCUT2D eigenvalue weighted by atomic mass is 9.81. The molecular weight excluding hydrogens is 342 g/mol. The van der Waals surface area contributed by atoms with Crippen LogP contribution < -0.4 is 5.32 Å². The summed E-state index contributed by atoms with van der Waals surface area (Å²) in [7, 11) is 0. The first-order valence-corrected chi connectivity index (χ1v) is 9.92. The highest BCUT2D eigenvalue weighted by Gasteiger charge is 2.34. The molecule has 0 aromatic heterocycles. The minimum atomic E-state index is -0.724. The van der Waals surface area contributed by atoms with E-state index in [9.17, 15) is 9.59 Å². The van der Waals surface area contributed by atoms with Crippen LogP contribution in [0.3, 0.4) is 0 Å². The molecule has 150 valence electrons. The fourth-order valence-electron chi connectivity index (χ4n) is 3.47. The van der Waals surface area contributed by atoms with Crippen molar-refractivity contribution in [1.82, 2.24) is 5.32 Å². The molecule has 1 aromatic rings. The Morgan fingerprint density at radius 1 is 1.07 bits per heavy atom. The van der Waals surface area contributed by atoms with Gasteiger partial charge in [-0.05, 0) is 51.5 Å². The van der Waals surface area contributed by atoms with Crippen molar-refractivity contribution in [1.29, 1.82) is 0 Å². The van der Waals surface area contributed by atoms with Crippen molar-refractivity contribution >= 4 is 12.1 Å². The van der Waals surface area contributed by atoms with E-state index in [1.807, 2.05) is 32.0 Å². The van der Waals surface area contributed by atoms with E-state index in [1.54, 1.807) is 20.8 Å². The van der Waals surface area contributed by atoms with Crippen molar-refractivity contribution in [2.24, 2.45) is 5.92 Å². The Labute approximate surface area is 162 Å². The third kappa shape index (κ3) is 6.56. The van der Waals surface area contributed by atoms with Gasteiger partial charge in [-0.1, -0.05) is 50.6 Å². The number of hydrogen-bond acceptors (Lipinski definition) is 4. The highest BCUT2D eigenvalue weighted by atomic mass is 16.6. The first kappa shape index (κ1) is 21.3. The molecular formula is C22H33NO4. The number of benzene rings is 1. The van der Waals surface area contributed by atoms with Crippen molar-refractivity contribution < 1.29 is 19.1 Å². The van der Waals surface area contributed by atoms with Gasteiger partial charge in [0.15, 0.2) is 0 Å². The van der Waals surface area contributed by atoms with Gasteiger partial charge in [0.2, 0.25) is 0 Å². The smallest absolute Gasteiger partial charge is 0.408 e. The molecule has 1 N–H and O–H groups in total. The Morgan fingerprint density at radius 3 is 2.30 bits per heavy atom. The molecule has 5 heteroatoms. The molecule has 1 aliphatic rings. The Morgan fingerprint density at radius 2 is 1.70 bits per heavy atom. The molecule has 3 atom stereocenters. The van der Waals surface area contributed by atoms with Crippen LogP contribution in [0.25, 0.3) is 0 Å². The lowest BCUT2D eigenvalue weighted by Crippen LogP contribution is -2.48. The van der Waals surface area contributed by atoms with Gasteiger partial charge in [0, 0.05) is 5.92 Å². The maximum Gasteiger partial charge on any atom is 0.408 e. The van der Waals surface area contributed by atoms with Crippen LogP contribution in [0.5, 0.6) is 0 Å². The van der Waals surface area contributed by atoms with Crippen LogP contribution in [-0.4, -0.2) is 29.8 Å². The van der Waals surface area contributed by atoms with Crippen molar-refractivity contribution in [2.75, 3.05) is 0 Å². The number of carbonyl (C=O) groups excluding carboxylic acids is 2. The number of rotatable bonds is 5. The summed E-state index contributed by atoms with van der Waals surface area (Å²) in [5.41, 5.74) is 0.591. The summed E-state index contributed by atoms with van der Waals surface area (Å²) in [4.78, 5) is 25.0. The fraction of sp³-hybridized carbons (Fsp3) is 0.636. The van der Waals surface area contributed by atoms with Gasteiger partial charge in [0.1, 0.15) is 17.7 Å². The second-order valence-corrected chi connectivity index (χ2v) is 8.64. The Hall–Kier alpha value is -2.04. The summed E-state index contributed by atoms with van der Waals surface area (Å²) in [6.07, 6.45) is 3.29. The first-order chi connectivity index (χ1) is 12.7. The van der Waals surface area contributed by atoms with Crippen LogP contribution in [0.1, 0.15) is 71.8 Å². The number of alkyl carbamates (subject to hydrolysis) is 1. The monoisotopic (exact) mass is 375 g/mol. The number of ether oxygens (including phenoxy) is 2. The number of nitrogens with one attached hydrogen (secondary N) is 1. The zero-order valence-corrected chi connectivity index (χ0v) is 17.2. The molecule has 1 saturated carbocycles. The molecule has 0 bridgehead atoms. The van der Waals surface area contributed by atoms with Gasteiger partial charge in [-0.2, -0.15) is 0 Å². The van der Waals surface area contributed by atoms with Crippen LogP contribution in [0.2, 0.25) is 0 Å². The van der Waals surface area contributed by atoms with Gasteiger partial charge in [-0.15, -0.1) is 0 Å². The van der Waals surface area contributed by atoms with E-state index in [0.717, 1.165) is 25.7 Å². The molecule has 1 aliphatic carbocycles. The third-order valence-corrected chi connectivity index (χ3v) is 4.79. The summed E-state index contributed by atoms with van der Waals surface area (Å²) in [6, 6.07) is 9.49. The molecule has 27 heavy (non-hydrogen) atoms. The van der Waals surface area contributed by atoms with Crippen molar-refractivity contribution in [2.45, 2.75) is 84.0 Å². The Kier molecular flexibility index (Phi) is 7.28. The Bertz CT molecular complexity index is 621. The maximum absolute atomic E-state index is 12.8. The highest BCUT2D eigenvalue weighted by molar-refractivity contribution is 5.81. The quantitative estimate of drug-likeness (QED) is 0.751. The van der Waals surface area contributed by atoms with Crippen LogP contribution in [0.4, 0.5) is 4.79 Å². The average Bonchev–Trinajstić information content (AvgIpc) is 2.59. The standard InChI is InChI=1S/C22H33NO4/c1-15(2)19(23-21(25)27-22(3,4)5)20(24)26-18-14-10-9-13-17(18)16-11-7-6-8-12-16/h6-8,11-12,15,17-19H,9-10,13-14H2,1-5H3,(H,23,25)/t17-,18+,19+/m1/s1. The second-order valence-electron chi connectivity index (χ2n) is 8.64. The van der Waals surface area contributed by atoms with Gasteiger partial charge in [-0.3, -0.25) is 0 Å².